The Balaban J connectivity index is 1.78. The number of aryl methyl sites for hydroxylation is 1. The lowest BCUT2D eigenvalue weighted by molar-refractivity contribution is 0.0696. The number of benzene rings is 2. The summed E-state index contributed by atoms with van der Waals surface area (Å²) in [6.07, 6.45) is 0. The highest BCUT2D eigenvalue weighted by atomic mass is 32.2. The minimum Gasteiger partial charge on any atom is -0.478 e. The smallest absolute Gasteiger partial charge is 0.335 e. The van der Waals surface area contributed by atoms with Gasteiger partial charge in [-0.1, -0.05) is 18.2 Å². The van der Waals surface area contributed by atoms with Crippen LogP contribution >= 0.6 is 0 Å². The Morgan fingerprint density at radius 1 is 1.00 bits per heavy atom. The third kappa shape index (κ3) is 3.45. The first-order valence-electron chi connectivity index (χ1n) is 8.45. The second-order valence-corrected chi connectivity index (χ2v) is 8.38. The van der Waals surface area contributed by atoms with Crippen molar-refractivity contribution in [1.82, 2.24) is 4.31 Å². The van der Waals surface area contributed by atoms with E-state index in [4.69, 9.17) is 5.11 Å². The SMILES string of the molecule is Cc1cccc(N2CCN(S(=O)(=O)c3cccc(C(=O)O)c3)CC2)c1C. The summed E-state index contributed by atoms with van der Waals surface area (Å²) in [5.41, 5.74) is 3.52. The summed E-state index contributed by atoms with van der Waals surface area (Å²) >= 11 is 0. The van der Waals surface area contributed by atoms with Crippen molar-refractivity contribution in [1.29, 1.82) is 0 Å². The van der Waals surface area contributed by atoms with Crippen molar-refractivity contribution >= 4 is 21.7 Å². The van der Waals surface area contributed by atoms with Crippen LogP contribution in [0.15, 0.2) is 47.4 Å². The number of carboxylic acids is 1. The summed E-state index contributed by atoms with van der Waals surface area (Å²) in [5.74, 6) is -1.14. The highest BCUT2D eigenvalue weighted by Gasteiger charge is 2.29. The van der Waals surface area contributed by atoms with Crippen molar-refractivity contribution < 1.29 is 18.3 Å². The summed E-state index contributed by atoms with van der Waals surface area (Å²) in [4.78, 5) is 13.3. The van der Waals surface area contributed by atoms with Crippen LogP contribution in [-0.2, 0) is 10.0 Å². The molecule has 0 aromatic heterocycles. The normalized spacial score (nSPS) is 15.8. The van der Waals surface area contributed by atoms with E-state index in [-0.39, 0.29) is 10.5 Å². The molecule has 3 rings (SSSR count). The maximum Gasteiger partial charge on any atom is 0.335 e. The fourth-order valence-corrected chi connectivity index (χ4v) is 4.65. The molecular formula is C19H22N2O4S. The van der Waals surface area contributed by atoms with E-state index in [1.165, 1.54) is 39.7 Å². The van der Waals surface area contributed by atoms with Gasteiger partial charge < -0.3 is 10.0 Å². The second-order valence-electron chi connectivity index (χ2n) is 6.44. The maximum atomic E-state index is 12.8. The van der Waals surface area contributed by atoms with Crippen molar-refractivity contribution in [2.24, 2.45) is 0 Å². The van der Waals surface area contributed by atoms with E-state index in [9.17, 15) is 13.2 Å². The topological polar surface area (TPSA) is 77.9 Å². The molecule has 0 spiro atoms. The van der Waals surface area contributed by atoms with Crippen molar-refractivity contribution in [3.8, 4) is 0 Å². The quantitative estimate of drug-likeness (QED) is 0.890. The van der Waals surface area contributed by atoms with Crippen LogP contribution in [0.3, 0.4) is 0 Å². The largest absolute Gasteiger partial charge is 0.478 e. The Hall–Kier alpha value is -2.38. The molecule has 1 N–H and O–H groups in total. The molecule has 6 nitrogen and oxygen atoms in total. The average Bonchev–Trinajstić information content (AvgIpc) is 2.64. The highest BCUT2D eigenvalue weighted by Crippen LogP contribution is 2.25. The second kappa shape index (κ2) is 7.09. The van der Waals surface area contributed by atoms with Crippen LogP contribution < -0.4 is 4.90 Å². The van der Waals surface area contributed by atoms with Gasteiger partial charge in [-0.05, 0) is 49.2 Å². The Morgan fingerprint density at radius 3 is 2.31 bits per heavy atom. The van der Waals surface area contributed by atoms with Gasteiger partial charge in [0, 0.05) is 31.9 Å². The molecule has 2 aromatic rings. The molecule has 1 aliphatic rings. The van der Waals surface area contributed by atoms with E-state index in [0.717, 1.165) is 5.69 Å². The van der Waals surface area contributed by atoms with E-state index < -0.39 is 16.0 Å². The molecule has 7 heteroatoms. The number of carboxylic acid groups (broad SMARTS) is 1. The Bertz CT molecular complexity index is 932. The van der Waals surface area contributed by atoms with Gasteiger partial charge >= 0.3 is 5.97 Å². The first kappa shape index (κ1) is 18.4. The lowest BCUT2D eigenvalue weighted by Crippen LogP contribution is -2.48. The van der Waals surface area contributed by atoms with Gasteiger partial charge in [-0.3, -0.25) is 0 Å². The standard InChI is InChI=1S/C19H22N2O4S/c1-14-5-3-8-18(15(14)2)20-9-11-21(12-10-20)26(24,25)17-7-4-6-16(13-17)19(22)23/h3-8,13H,9-12H2,1-2H3,(H,22,23). The molecule has 0 saturated carbocycles. The lowest BCUT2D eigenvalue weighted by Gasteiger charge is -2.36. The number of piperazine rings is 1. The van der Waals surface area contributed by atoms with E-state index in [0.29, 0.717) is 26.2 Å². The fraction of sp³-hybridized carbons (Fsp3) is 0.316. The summed E-state index contributed by atoms with van der Waals surface area (Å²) in [5, 5.41) is 9.08. The van der Waals surface area contributed by atoms with Gasteiger partial charge in [-0.2, -0.15) is 4.31 Å². The Labute approximate surface area is 153 Å². The number of rotatable bonds is 4. The van der Waals surface area contributed by atoms with Crippen LogP contribution in [-0.4, -0.2) is 50.0 Å². The number of nitrogens with zero attached hydrogens (tertiary/aromatic N) is 2. The zero-order valence-corrected chi connectivity index (χ0v) is 15.7. The van der Waals surface area contributed by atoms with Crippen molar-refractivity contribution in [3.63, 3.8) is 0 Å². The molecule has 0 aliphatic carbocycles. The zero-order valence-electron chi connectivity index (χ0n) is 14.8. The summed E-state index contributed by atoms with van der Waals surface area (Å²) in [7, 11) is -3.70. The number of hydrogen-bond acceptors (Lipinski definition) is 4. The van der Waals surface area contributed by atoms with Crippen molar-refractivity contribution in [3.05, 3.63) is 59.2 Å². The Kier molecular flexibility index (Phi) is 5.02. The molecule has 0 radical (unpaired) electrons. The molecule has 1 saturated heterocycles. The van der Waals surface area contributed by atoms with Gasteiger partial charge in [-0.15, -0.1) is 0 Å². The average molecular weight is 374 g/mol. The molecule has 0 bridgehead atoms. The minimum atomic E-state index is -3.70. The van der Waals surface area contributed by atoms with Crippen LogP contribution in [0.5, 0.6) is 0 Å². The van der Waals surface area contributed by atoms with Gasteiger partial charge in [0.25, 0.3) is 0 Å². The minimum absolute atomic E-state index is 0.0255. The van der Waals surface area contributed by atoms with Crippen LogP contribution in [0.4, 0.5) is 5.69 Å². The monoisotopic (exact) mass is 374 g/mol. The maximum absolute atomic E-state index is 12.8. The predicted molar refractivity (Wildman–Crippen MR) is 100 cm³/mol. The van der Waals surface area contributed by atoms with Gasteiger partial charge in [0.15, 0.2) is 0 Å². The third-order valence-electron chi connectivity index (χ3n) is 4.87. The molecule has 138 valence electrons. The van der Waals surface area contributed by atoms with Gasteiger partial charge in [-0.25, -0.2) is 13.2 Å². The Morgan fingerprint density at radius 2 is 1.65 bits per heavy atom. The fourth-order valence-electron chi connectivity index (χ4n) is 3.19. The lowest BCUT2D eigenvalue weighted by atomic mass is 10.1. The number of anilines is 1. The molecule has 0 atom stereocenters. The van der Waals surface area contributed by atoms with E-state index in [1.807, 2.05) is 6.07 Å². The molecule has 1 aliphatic heterocycles. The first-order valence-corrected chi connectivity index (χ1v) is 9.89. The van der Waals surface area contributed by atoms with Gasteiger partial charge in [0.2, 0.25) is 10.0 Å². The van der Waals surface area contributed by atoms with E-state index >= 15 is 0 Å². The number of aromatic carboxylic acids is 1. The van der Waals surface area contributed by atoms with Crippen LogP contribution in [0.1, 0.15) is 21.5 Å². The summed E-state index contributed by atoms with van der Waals surface area (Å²) < 4.78 is 27.1. The van der Waals surface area contributed by atoms with Crippen molar-refractivity contribution in [2.75, 3.05) is 31.1 Å². The molecule has 0 unspecified atom stereocenters. The highest BCUT2D eigenvalue weighted by molar-refractivity contribution is 7.89. The van der Waals surface area contributed by atoms with E-state index in [1.54, 1.807) is 0 Å². The number of carbonyl (C=O) groups is 1. The summed E-state index contributed by atoms with van der Waals surface area (Å²) in [6, 6.07) is 11.6. The molecule has 2 aromatic carbocycles. The van der Waals surface area contributed by atoms with E-state index in [2.05, 4.69) is 30.9 Å². The van der Waals surface area contributed by atoms with Gasteiger partial charge in [0.05, 0.1) is 10.5 Å². The van der Waals surface area contributed by atoms with Crippen molar-refractivity contribution in [2.45, 2.75) is 18.7 Å². The van der Waals surface area contributed by atoms with Crippen LogP contribution in [0.2, 0.25) is 0 Å². The molecular weight excluding hydrogens is 352 g/mol. The first-order chi connectivity index (χ1) is 12.3. The third-order valence-corrected chi connectivity index (χ3v) is 6.77. The molecule has 26 heavy (non-hydrogen) atoms. The number of hydrogen-bond donors (Lipinski definition) is 1. The van der Waals surface area contributed by atoms with Gasteiger partial charge in [0.1, 0.15) is 0 Å². The van der Waals surface area contributed by atoms with Crippen LogP contribution in [0, 0.1) is 13.8 Å². The van der Waals surface area contributed by atoms with Crippen LogP contribution in [0.25, 0.3) is 0 Å². The number of sulfonamides is 1. The zero-order chi connectivity index (χ0) is 18.9. The molecule has 1 heterocycles. The molecule has 0 amide bonds. The summed E-state index contributed by atoms with van der Waals surface area (Å²) in [6.45, 7) is 6.07. The molecule has 1 fully saturated rings. The predicted octanol–water partition coefficient (Wildman–Crippen LogP) is 2.51.